The van der Waals surface area contributed by atoms with E-state index >= 15 is 0 Å². The van der Waals surface area contributed by atoms with E-state index < -0.39 is 0 Å². The molecule has 0 aliphatic rings. The Labute approximate surface area is 138 Å². The van der Waals surface area contributed by atoms with Crippen LogP contribution in [-0.4, -0.2) is 23.1 Å². The highest BCUT2D eigenvalue weighted by atomic mass is 16.6. The average molecular weight is 311 g/mol. The third-order valence-corrected chi connectivity index (χ3v) is 3.84. The molecule has 2 aromatic carbocycles. The summed E-state index contributed by atoms with van der Waals surface area (Å²) in [7, 11) is 0. The minimum Gasteiger partial charge on any atom is -0.410 e. The molecule has 1 amide bonds. The maximum atomic E-state index is 12.6. The summed E-state index contributed by atoms with van der Waals surface area (Å²) in [6, 6.07) is 16.0. The molecule has 0 bridgehead atoms. The Hall–Kier alpha value is -2.29. The predicted molar refractivity (Wildman–Crippen MR) is 94.8 cm³/mol. The van der Waals surface area contributed by atoms with Crippen LogP contribution in [0.4, 0.5) is 4.79 Å². The van der Waals surface area contributed by atoms with Crippen molar-refractivity contribution in [2.24, 2.45) is 0 Å². The fourth-order valence-corrected chi connectivity index (χ4v) is 2.82. The highest BCUT2D eigenvalue weighted by Crippen LogP contribution is 2.32. The van der Waals surface area contributed by atoms with Gasteiger partial charge in [0.25, 0.3) is 0 Å². The molecule has 0 unspecified atom stereocenters. The molecule has 3 heteroatoms. The Morgan fingerprint density at radius 2 is 1.39 bits per heavy atom. The molecule has 3 nitrogen and oxygen atoms in total. The predicted octanol–water partition coefficient (Wildman–Crippen LogP) is 5.28. The minimum atomic E-state index is -0.309. The van der Waals surface area contributed by atoms with Crippen LogP contribution in [0.5, 0.6) is 5.75 Å². The van der Waals surface area contributed by atoms with E-state index in [-0.39, 0.29) is 18.2 Å². The SMILES string of the molecule is Cc1ccccc1-c1ccccc1OC(=O)N(C(C)C)C(C)C. The van der Waals surface area contributed by atoms with Crippen molar-refractivity contribution in [3.05, 3.63) is 54.1 Å². The van der Waals surface area contributed by atoms with Crippen molar-refractivity contribution in [2.75, 3.05) is 0 Å². The number of amides is 1. The molecule has 0 heterocycles. The summed E-state index contributed by atoms with van der Waals surface area (Å²) >= 11 is 0. The molecule has 0 N–H and O–H groups in total. The van der Waals surface area contributed by atoms with Crippen molar-refractivity contribution in [1.29, 1.82) is 0 Å². The summed E-state index contributed by atoms with van der Waals surface area (Å²) in [5.41, 5.74) is 3.17. The molecule has 122 valence electrons. The minimum absolute atomic E-state index is 0.0909. The maximum absolute atomic E-state index is 12.6. The second-order valence-electron chi connectivity index (χ2n) is 6.27. The Bertz CT molecular complexity index is 669. The molecule has 0 saturated carbocycles. The fraction of sp³-hybridized carbons (Fsp3) is 0.350. The van der Waals surface area contributed by atoms with E-state index in [1.807, 2.05) is 70.2 Å². The maximum Gasteiger partial charge on any atom is 0.415 e. The first-order valence-electron chi connectivity index (χ1n) is 8.07. The van der Waals surface area contributed by atoms with Crippen molar-refractivity contribution in [3.8, 4) is 16.9 Å². The summed E-state index contributed by atoms with van der Waals surface area (Å²) in [6.07, 6.45) is -0.309. The number of hydrogen-bond donors (Lipinski definition) is 0. The van der Waals surface area contributed by atoms with Gasteiger partial charge in [0, 0.05) is 17.6 Å². The van der Waals surface area contributed by atoms with Gasteiger partial charge in [-0.25, -0.2) is 4.79 Å². The highest BCUT2D eigenvalue weighted by molar-refractivity contribution is 5.78. The van der Waals surface area contributed by atoms with Crippen LogP contribution in [0.1, 0.15) is 33.3 Å². The van der Waals surface area contributed by atoms with E-state index in [9.17, 15) is 4.79 Å². The van der Waals surface area contributed by atoms with Gasteiger partial charge in [-0.3, -0.25) is 0 Å². The van der Waals surface area contributed by atoms with Crippen LogP contribution in [0.25, 0.3) is 11.1 Å². The van der Waals surface area contributed by atoms with E-state index in [4.69, 9.17) is 4.74 Å². The number of rotatable bonds is 4. The summed E-state index contributed by atoms with van der Waals surface area (Å²) in [5, 5.41) is 0. The Kier molecular flexibility index (Phi) is 5.43. The molecule has 2 rings (SSSR count). The van der Waals surface area contributed by atoms with Gasteiger partial charge < -0.3 is 9.64 Å². The summed E-state index contributed by atoms with van der Waals surface area (Å²) < 4.78 is 5.73. The normalized spacial score (nSPS) is 10.9. The number of ether oxygens (including phenoxy) is 1. The van der Waals surface area contributed by atoms with E-state index in [0.29, 0.717) is 5.75 Å². The van der Waals surface area contributed by atoms with Gasteiger partial charge in [-0.2, -0.15) is 0 Å². The molecule has 0 aromatic heterocycles. The number of carbonyl (C=O) groups excluding carboxylic acids is 1. The molecule has 0 aliphatic heterocycles. The zero-order valence-electron chi connectivity index (χ0n) is 14.5. The number of benzene rings is 2. The van der Waals surface area contributed by atoms with Gasteiger partial charge in [0.05, 0.1) is 0 Å². The summed E-state index contributed by atoms with van der Waals surface area (Å²) in [4.78, 5) is 14.3. The van der Waals surface area contributed by atoms with E-state index in [2.05, 4.69) is 13.0 Å². The average Bonchev–Trinajstić information content (AvgIpc) is 2.47. The van der Waals surface area contributed by atoms with Crippen molar-refractivity contribution in [3.63, 3.8) is 0 Å². The lowest BCUT2D eigenvalue weighted by atomic mass is 10.00. The molecule has 0 aliphatic carbocycles. The van der Waals surface area contributed by atoms with Crippen LogP contribution >= 0.6 is 0 Å². The Balaban J connectivity index is 2.35. The molecular weight excluding hydrogens is 286 g/mol. The lowest BCUT2D eigenvalue weighted by molar-refractivity contribution is 0.123. The Morgan fingerprint density at radius 3 is 1.96 bits per heavy atom. The third kappa shape index (κ3) is 3.92. The van der Waals surface area contributed by atoms with Crippen LogP contribution in [0.15, 0.2) is 48.5 Å². The molecule has 23 heavy (non-hydrogen) atoms. The van der Waals surface area contributed by atoms with Gasteiger partial charge in [0.1, 0.15) is 5.75 Å². The zero-order chi connectivity index (χ0) is 17.0. The molecule has 0 fully saturated rings. The monoisotopic (exact) mass is 311 g/mol. The number of para-hydroxylation sites is 1. The number of aryl methyl sites for hydroxylation is 1. The van der Waals surface area contributed by atoms with Crippen molar-refractivity contribution < 1.29 is 9.53 Å². The zero-order valence-corrected chi connectivity index (χ0v) is 14.5. The van der Waals surface area contributed by atoms with Gasteiger partial charge in [-0.05, 0) is 51.8 Å². The van der Waals surface area contributed by atoms with Gasteiger partial charge >= 0.3 is 6.09 Å². The molecular formula is C20H25NO2. The smallest absolute Gasteiger partial charge is 0.410 e. The van der Waals surface area contributed by atoms with Gasteiger partial charge in [0.2, 0.25) is 0 Å². The number of hydrogen-bond acceptors (Lipinski definition) is 2. The largest absolute Gasteiger partial charge is 0.415 e. The first kappa shape index (κ1) is 17.1. The molecule has 2 aromatic rings. The second kappa shape index (κ2) is 7.32. The first-order valence-corrected chi connectivity index (χ1v) is 8.07. The molecule has 0 saturated heterocycles. The van der Waals surface area contributed by atoms with Crippen LogP contribution in [-0.2, 0) is 0 Å². The van der Waals surface area contributed by atoms with Crippen molar-refractivity contribution in [1.82, 2.24) is 4.90 Å². The Morgan fingerprint density at radius 1 is 0.870 bits per heavy atom. The quantitative estimate of drug-likeness (QED) is 0.769. The lowest BCUT2D eigenvalue weighted by Gasteiger charge is -2.29. The van der Waals surface area contributed by atoms with Gasteiger partial charge in [0.15, 0.2) is 0 Å². The van der Waals surface area contributed by atoms with Crippen LogP contribution in [0.2, 0.25) is 0 Å². The third-order valence-electron chi connectivity index (χ3n) is 3.84. The van der Waals surface area contributed by atoms with Crippen LogP contribution in [0, 0.1) is 6.92 Å². The second-order valence-corrected chi connectivity index (χ2v) is 6.27. The standard InChI is InChI=1S/C20H25NO2/c1-14(2)21(15(3)4)20(22)23-19-13-9-8-12-18(19)17-11-7-6-10-16(17)5/h6-15H,1-5H3. The molecule has 0 spiro atoms. The topological polar surface area (TPSA) is 29.5 Å². The van der Waals surface area contributed by atoms with E-state index in [1.54, 1.807) is 4.90 Å². The number of carbonyl (C=O) groups is 1. The fourth-order valence-electron chi connectivity index (χ4n) is 2.82. The van der Waals surface area contributed by atoms with Gasteiger partial charge in [-0.15, -0.1) is 0 Å². The van der Waals surface area contributed by atoms with Crippen LogP contribution in [0.3, 0.4) is 0 Å². The van der Waals surface area contributed by atoms with E-state index in [0.717, 1.165) is 16.7 Å². The first-order chi connectivity index (χ1) is 10.9. The van der Waals surface area contributed by atoms with E-state index in [1.165, 1.54) is 0 Å². The van der Waals surface area contributed by atoms with Crippen LogP contribution < -0.4 is 4.74 Å². The lowest BCUT2D eigenvalue weighted by Crippen LogP contribution is -2.43. The van der Waals surface area contributed by atoms with Crippen molar-refractivity contribution in [2.45, 2.75) is 46.7 Å². The number of nitrogens with zero attached hydrogens (tertiary/aromatic N) is 1. The van der Waals surface area contributed by atoms with Crippen molar-refractivity contribution >= 4 is 6.09 Å². The summed E-state index contributed by atoms with van der Waals surface area (Å²) in [6.45, 7) is 10.0. The molecule has 0 atom stereocenters. The highest BCUT2D eigenvalue weighted by Gasteiger charge is 2.23. The molecule has 0 radical (unpaired) electrons. The summed E-state index contributed by atoms with van der Waals surface area (Å²) in [5.74, 6) is 0.595. The van der Waals surface area contributed by atoms with Gasteiger partial charge in [-0.1, -0.05) is 42.5 Å².